The number of piperazine rings is 1. The summed E-state index contributed by atoms with van der Waals surface area (Å²) in [6, 6.07) is 6.16. The van der Waals surface area contributed by atoms with Gasteiger partial charge in [0.15, 0.2) is 5.82 Å². The second-order valence-electron chi connectivity index (χ2n) is 6.73. The maximum atomic E-state index is 4.53. The second kappa shape index (κ2) is 7.06. The van der Waals surface area contributed by atoms with Crippen molar-refractivity contribution in [3.63, 3.8) is 0 Å². The number of anilines is 2. The number of thiophene rings is 1. The van der Waals surface area contributed by atoms with Gasteiger partial charge in [-0.1, -0.05) is 0 Å². The SMILES string of the molecule is Cc1nc(C)c(-c2ccc(N3CCN(c4ncnc5ccsc45)CC3)nn2)s1. The lowest BCUT2D eigenvalue weighted by molar-refractivity contribution is 0.640. The summed E-state index contributed by atoms with van der Waals surface area (Å²) < 4.78 is 1.16. The summed E-state index contributed by atoms with van der Waals surface area (Å²) >= 11 is 3.36. The highest BCUT2D eigenvalue weighted by molar-refractivity contribution is 7.17. The largest absolute Gasteiger partial charge is 0.352 e. The minimum absolute atomic E-state index is 0.892. The van der Waals surface area contributed by atoms with Crippen molar-refractivity contribution in [3.05, 3.63) is 40.6 Å². The third-order valence-corrected chi connectivity index (χ3v) is 6.91. The number of aryl methyl sites for hydroxylation is 2. The Hall–Kier alpha value is -2.65. The van der Waals surface area contributed by atoms with Gasteiger partial charge in [0.05, 0.1) is 25.8 Å². The Kier molecular flexibility index (Phi) is 4.40. The Morgan fingerprint density at radius 2 is 1.75 bits per heavy atom. The van der Waals surface area contributed by atoms with E-state index in [1.54, 1.807) is 29.0 Å². The lowest BCUT2D eigenvalue weighted by Gasteiger charge is -2.35. The molecule has 9 heteroatoms. The molecule has 5 rings (SSSR count). The molecule has 1 aliphatic heterocycles. The zero-order valence-electron chi connectivity index (χ0n) is 15.7. The molecule has 28 heavy (non-hydrogen) atoms. The van der Waals surface area contributed by atoms with Crippen molar-refractivity contribution >= 4 is 44.5 Å². The summed E-state index contributed by atoms with van der Waals surface area (Å²) in [7, 11) is 0. The van der Waals surface area contributed by atoms with Crippen molar-refractivity contribution in [2.75, 3.05) is 36.0 Å². The van der Waals surface area contributed by atoms with Crippen LogP contribution < -0.4 is 9.80 Å². The van der Waals surface area contributed by atoms with Crippen LogP contribution in [0, 0.1) is 13.8 Å². The van der Waals surface area contributed by atoms with Gasteiger partial charge in [0.1, 0.15) is 17.8 Å². The molecule has 0 aromatic carbocycles. The van der Waals surface area contributed by atoms with E-state index in [0.29, 0.717) is 0 Å². The van der Waals surface area contributed by atoms with Crippen LogP contribution in [0.4, 0.5) is 11.6 Å². The Morgan fingerprint density at radius 3 is 2.46 bits per heavy atom. The van der Waals surface area contributed by atoms with E-state index in [4.69, 9.17) is 0 Å². The average molecular weight is 410 g/mol. The first-order chi connectivity index (χ1) is 13.7. The van der Waals surface area contributed by atoms with E-state index < -0.39 is 0 Å². The van der Waals surface area contributed by atoms with Crippen LogP contribution in [0.1, 0.15) is 10.7 Å². The van der Waals surface area contributed by atoms with E-state index in [1.165, 1.54) is 0 Å². The van der Waals surface area contributed by atoms with Crippen LogP contribution >= 0.6 is 22.7 Å². The van der Waals surface area contributed by atoms with Crippen molar-refractivity contribution in [3.8, 4) is 10.6 Å². The van der Waals surface area contributed by atoms with Gasteiger partial charge in [0.25, 0.3) is 0 Å². The predicted molar refractivity (Wildman–Crippen MR) is 114 cm³/mol. The van der Waals surface area contributed by atoms with E-state index >= 15 is 0 Å². The van der Waals surface area contributed by atoms with Gasteiger partial charge < -0.3 is 9.80 Å². The van der Waals surface area contributed by atoms with Gasteiger partial charge in [-0.25, -0.2) is 15.0 Å². The van der Waals surface area contributed by atoms with Crippen molar-refractivity contribution in [2.45, 2.75) is 13.8 Å². The van der Waals surface area contributed by atoms with Crippen LogP contribution in [0.25, 0.3) is 20.8 Å². The summed E-state index contributed by atoms with van der Waals surface area (Å²) in [4.78, 5) is 19.1. The molecule has 0 radical (unpaired) electrons. The fourth-order valence-corrected chi connectivity index (χ4v) is 5.28. The van der Waals surface area contributed by atoms with Gasteiger partial charge in [-0.3, -0.25) is 0 Å². The molecular weight excluding hydrogens is 390 g/mol. The fraction of sp³-hybridized carbons (Fsp3) is 0.316. The Balaban J connectivity index is 1.30. The van der Waals surface area contributed by atoms with Gasteiger partial charge in [-0.2, -0.15) is 0 Å². The molecule has 4 aromatic rings. The first-order valence-electron chi connectivity index (χ1n) is 9.15. The van der Waals surface area contributed by atoms with Crippen molar-refractivity contribution in [1.29, 1.82) is 0 Å². The van der Waals surface area contributed by atoms with Gasteiger partial charge in [-0.05, 0) is 37.4 Å². The molecule has 7 nitrogen and oxygen atoms in total. The number of aromatic nitrogens is 5. The standard InChI is InChI=1S/C19H19N7S2/c1-12-17(28-13(2)22-12)15-3-4-16(24-23-15)25-6-8-26(9-7-25)19-18-14(5-10-27-18)20-11-21-19/h3-5,10-11H,6-9H2,1-2H3. The molecule has 0 saturated carbocycles. The smallest absolute Gasteiger partial charge is 0.151 e. The maximum absolute atomic E-state index is 4.53. The summed E-state index contributed by atoms with van der Waals surface area (Å²) in [5.41, 5.74) is 2.93. The first kappa shape index (κ1) is 17.4. The lowest BCUT2D eigenvalue weighted by Crippen LogP contribution is -2.47. The minimum atomic E-state index is 0.892. The highest BCUT2D eigenvalue weighted by Crippen LogP contribution is 2.30. The average Bonchev–Trinajstić information content (AvgIpc) is 3.34. The summed E-state index contributed by atoms with van der Waals surface area (Å²) in [5.74, 6) is 1.96. The van der Waals surface area contributed by atoms with Gasteiger partial charge in [0.2, 0.25) is 0 Å². The van der Waals surface area contributed by atoms with Crippen LogP contribution in [0.2, 0.25) is 0 Å². The number of nitrogens with zero attached hydrogens (tertiary/aromatic N) is 7. The summed E-state index contributed by atoms with van der Waals surface area (Å²) in [6.07, 6.45) is 1.66. The van der Waals surface area contributed by atoms with Gasteiger partial charge >= 0.3 is 0 Å². The second-order valence-corrected chi connectivity index (χ2v) is 8.85. The molecule has 1 fully saturated rings. The molecule has 0 N–H and O–H groups in total. The molecule has 0 spiro atoms. The lowest BCUT2D eigenvalue weighted by atomic mass is 10.2. The molecule has 0 bridgehead atoms. The Labute approximate surface area is 170 Å². The topological polar surface area (TPSA) is 70.9 Å². The third-order valence-electron chi connectivity index (χ3n) is 4.91. The summed E-state index contributed by atoms with van der Waals surface area (Å²) in [5, 5.41) is 12.1. The molecule has 0 unspecified atom stereocenters. The quantitative estimate of drug-likeness (QED) is 0.512. The molecule has 0 aliphatic carbocycles. The minimum Gasteiger partial charge on any atom is -0.352 e. The van der Waals surface area contributed by atoms with Crippen LogP contribution in [0.15, 0.2) is 29.9 Å². The number of fused-ring (bicyclic) bond motifs is 1. The zero-order chi connectivity index (χ0) is 19.1. The predicted octanol–water partition coefficient (Wildman–Crippen LogP) is 3.55. The molecular formula is C19H19N7S2. The van der Waals surface area contributed by atoms with Crippen molar-refractivity contribution in [2.24, 2.45) is 0 Å². The first-order valence-corrected chi connectivity index (χ1v) is 10.8. The molecule has 4 aromatic heterocycles. The molecule has 0 atom stereocenters. The van der Waals surface area contributed by atoms with Crippen LogP contribution in [-0.4, -0.2) is 51.3 Å². The molecule has 5 heterocycles. The molecule has 0 amide bonds. The molecule has 142 valence electrons. The molecule has 1 saturated heterocycles. The van der Waals surface area contributed by atoms with E-state index in [9.17, 15) is 0 Å². The van der Waals surface area contributed by atoms with E-state index in [1.807, 2.05) is 26.0 Å². The maximum Gasteiger partial charge on any atom is 0.151 e. The highest BCUT2D eigenvalue weighted by atomic mass is 32.1. The van der Waals surface area contributed by atoms with Crippen molar-refractivity contribution in [1.82, 2.24) is 25.1 Å². The van der Waals surface area contributed by atoms with Gasteiger partial charge in [0, 0.05) is 26.2 Å². The van der Waals surface area contributed by atoms with E-state index in [0.717, 1.165) is 69.3 Å². The highest BCUT2D eigenvalue weighted by Gasteiger charge is 2.22. The van der Waals surface area contributed by atoms with E-state index in [-0.39, 0.29) is 0 Å². The number of rotatable bonds is 3. The molecule has 1 aliphatic rings. The monoisotopic (exact) mass is 409 g/mol. The number of hydrogen-bond acceptors (Lipinski definition) is 9. The van der Waals surface area contributed by atoms with E-state index in [2.05, 4.69) is 46.4 Å². The van der Waals surface area contributed by atoms with Gasteiger partial charge in [-0.15, -0.1) is 32.9 Å². The normalized spacial score (nSPS) is 14.8. The van der Waals surface area contributed by atoms with Crippen LogP contribution in [-0.2, 0) is 0 Å². The third kappa shape index (κ3) is 3.10. The zero-order valence-corrected chi connectivity index (χ0v) is 17.3. The Morgan fingerprint density at radius 1 is 0.929 bits per heavy atom. The summed E-state index contributed by atoms with van der Waals surface area (Å²) in [6.45, 7) is 7.63. The number of hydrogen-bond donors (Lipinski definition) is 0. The van der Waals surface area contributed by atoms with Crippen LogP contribution in [0.3, 0.4) is 0 Å². The Bertz CT molecular complexity index is 1110. The van der Waals surface area contributed by atoms with Crippen LogP contribution in [0.5, 0.6) is 0 Å². The van der Waals surface area contributed by atoms with Crippen molar-refractivity contribution < 1.29 is 0 Å². The number of thiazole rings is 1. The fourth-order valence-electron chi connectivity index (χ4n) is 3.53.